The number of nitrogens with two attached hydrogens (primary N) is 1. The van der Waals surface area contributed by atoms with E-state index in [-0.39, 0.29) is 18.0 Å². The van der Waals surface area contributed by atoms with E-state index in [2.05, 4.69) is 4.98 Å². The number of rotatable bonds is 3. The molecule has 1 fully saturated rings. The first-order valence-electron chi connectivity index (χ1n) is 6.45. The van der Waals surface area contributed by atoms with Gasteiger partial charge in [0.25, 0.3) is 0 Å². The van der Waals surface area contributed by atoms with Crippen LogP contribution in [0.3, 0.4) is 0 Å². The van der Waals surface area contributed by atoms with E-state index in [1.807, 2.05) is 6.92 Å². The average molecular weight is 295 g/mol. The first-order chi connectivity index (χ1) is 9.36. The third kappa shape index (κ3) is 1.90. The Hall–Kier alpha value is -1.57. The molecule has 1 aliphatic heterocycles. The Morgan fingerprint density at radius 2 is 2.15 bits per heavy atom. The number of nitrogens with zero attached hydrogens (tertiary/aromatic N) is 1. The minimum absolute atomic E-state index is 0.146. The predicted molar refractivity (Wildman–Crippen MR) is 76.7 cm³/mol. The Labute approximate surface area is 117 Å². The maximum Gasteiger partial charge on any atom is 0.245 e. The van der Waals surface area contributed by atoms with Crippen LogP contribution in [0.15, 0.2) is 29.3 Å². The monoisotopic (exact) mass is 295 g/mol. The highest BCUT2D eigenvalue weighted by Gasteiger charge is 2.46. The standard InChI is InChI=1S/C13H17N3O3S/c1-2-13(17)7-16(8-13)20(18,19)12-6-15-11-5-9(14)3-4-10(11)12/h3-6,15,17H,2,7-8,14H2,1H3. The van der Waals surface area contributed by atoms with Crippen molar-refractivity contribution in [2.24, 2.45) is 0 Å². The molecular weight excluding hydrogens is 278 g/mol. The van der Waals surface area contributed by atoms with Gasteiger partial charge in [-0.3, -0.25) is 0 Å². The maximum absolute atomic E-state index is 12.5. The summed E-state index contributed by atoms with van der Waals surface area (Å²) in [6, 6.07) is 5.07. The number of aromatic nitrogens is 1. The lowest BCUT2D eigenvalue weighted by Gasteiger charge is -2.44. The van der Waals surface area contributed by atoms with Gasteiger partial charge in [0.05, 0.1) is 5.60 Å². The second-order valence-corrected chi connectivity index (χ2v) is 7.22. The van der Waals surface area contributed by atoms with Crippen molar-refractivity contribution in [3.63, 3.8) is 0 Å². The van der Waals surface area contributed by atoms with Gasteiger partial charge in [0.1, 0.15) is 4.90 Å². The number of anilines is 1. The fraction of sp³-hybridized carbons (Fsp3) is 0.385. The Morgan fingerprint density at radius 3 is 2.80 bits per heavy atom. The molecule has 0 amide bonds. The van der Waals surface area contributed by atoms with Crippen molar-refractivity contribution in [2.75, 3.05) is 18.8 Å². The number of benzene rings is 1. The zero-order valence-electron chi connectivity index (χ0n) is 11.1. The van der Waals surface area contributed by atoms with E-state index < -0.39 is 15.6 Å². The van der Waals surface area contributed by atoms with Crippen molar-refractivity contribution >= 4 is 26.6 Å². The smallest absolute Gasteiger partial charge is 0.245 e. The van der Waals surface area contributed by atoms with Gasteiger partial charge >= 0.3 is 0 Å². The van der Waals surface area contributed by atoms with Crippen LogP contribution in [0.25, 0.3) is 10.9 Å². The second kappa shape index (κ2) is 4.21. The van der Waals surface area contributed by atoms with Crippen molar-refractivity contribution in [3.8, 4) is 0 Å². The van der Waals surface area contributed by atoms with Crippen LogP contribution >= 0.6 is 0 Å². The number of nitrogen functional groups attached to an aromatic ring is 1. The van der Waals surface area contributed by atoms with Gasteiger partial charge in [-0.2, -0.15) is 4.31 Å². The molecular formula is C13H17N3O3S. The van der Waals surface area contributed by atoms with Crippen LogP contribution in [0.1, 0.15) is 13.3 Å². The summed E-state index contributed by atoms with van der Waals surface area (Å²) in [6.45, 7) is 2.14. The summed E-state index contributed by atoms with van der Waals surface area (Å²) in [6.07, 6.45) is 2.02. The summed E-state index contributed by atoms with van der Waals surface area (Å²) < 4.78 is 26.4. The van der Waals surface area contributed by atoms with E-state index in [0.717, 1.165) is 0 Å². The number of hydrogen-bond donors (Lipinski definition) is 3. The third-order valence-electron chi connectivity index (χ3n) is 3.89. The molecule has 2 heterocycles. The highest BCUT2D eigenvalue weighted by Crippen LogP contribution is 2.33. The minimum Gasteiger partial charge on any atom is -0.399 e. The number of nitrogens with one attached hydrogen (secondary N) is 1. The molecule has 6 nitrogen and oxygen atoms in total. The summed E-state index contributed by atoms with van der Waals surface area (Å²) in [5, 5.41) is 10.6. The van der Waals surface area contributed by atoms with Crippen molar-refractivity contribution in [2.45, 2.75) is 23.8 Å². The molecule has 0 aliphatic carbocycles. The van der Waals surface area contributed by atoms with Crippen LogP contribution in [-0.2, 0) is 10.0 Å². The highest BCUT2D eigenvalue weighted by atomic mass is 32.2. The Kier molecular flexibility index (Phi) is 2.82. The lowest BCUT2D eigenvalue weighted by atomic mass is 9.94. The summed E-state index contributed by atoms with van der Waals surface area (Å²) in [4.78, 5) is 3.15. The van der Waals surface area contributed by atoms with E-state index in [9.17, 15) is 13.5 Å². The zero-order chi connectivity index (χ0) is 14.5. The normalized spacial score (nSPS) is 19.1. The van der Waals surface area contributed by atoms with Gasteiger partial charge in [-0.25, -0.2) is 8.42 Å². The number of aromatic amines is 1. The van der Waals surface area contributed by atoms with Gasteiger partial charge in [0, 0.05) is 35.9 Å². The van der Waals surface area contributed by atoms with Crippen molar-refractivity contribution in [1.82, 2.24) is 9.29 Å². The SMILES string of the molecule is CCC1(O)CN(S(=O)(=O)c2c[nH]c3cc(N)ccc23)C1. The van der Waals surface area contributed by atoms with Gasteiger partial charge in [0.2, 0.25) is 10.0 Å². The molecule has 2 aromatic rings. The molecule has 1 aromatic carbocycles. The molecule has 0 unspecified atom stereocenters. The minimum atomic E-state index is -3.58. The molecule has 0 atom stereocenters. The third-order valence-corrected chi connectivity index (χ3v) is 5.72. The number of aliphatic hydroxyl groups is 1. The fourth-order valence-electron chi connectivity index (χ4n) is 2.47. The molecule has 108 valence electrons. The highest BCUT2D eigenvalue weighted by molar-refractivity contribution is 7.89. The van der Waals surface area contributed by atoms with Crippen molar-refractivity contribution in [1.29, 1.82) is 0 Å². The quantitative estimate of drug-likeness (QED) is 0.732. The lowest BCUT2D eigenvalue weighted by molar-refractivity contribution is -0.0613. The first-order valence-corrected chi connectivity index (χ1v) is 7.89. The second-order valence-electron chi connectivity index (χ2n) is 5.31. The molecule has 0 spiro atoms. The van der Waals surface area contributed by atoms with E-state index in [4.69, 9.17) is 5.73 Å². The molecule has 20 heavy (non-hydrogen) atoms. The summed E-state index contributed by atoms with van der Waals surface area (Å²) >= 11 is 0. The number of fused-ring (bicyclic) bond motifs is 1. The van der Waals surface area contributed by atoms with Gasteiger partial charge < -0.3 is 15.8 Å². The number of H-pyrrole nitrogens is 1. The molecule has 3 rings (SSSR count). The fourth-order valence-corrected chi connectivity index (χ4v) is 4.24. The topological polar surface area (TPSA) is 99.4 Å². The van der Waals surface area contributed by atoms with E-state index in [1.54, 1.807) is 18.2 Å². The maximum atomic E-state index is 12.5. The van der Waals surface area contributed by atoms with Crippen molar-refractivity contribution in [3.05, 3.63) is 24.4 Å². The Balaban J connectivity index is 1.99. The van der Waals surface area contributed by atoms with Crippen LogP contribution in [0.2, 0.25) is 0 Å². The zero-order valence-corrected chi connectivity index (χ0v) is 11.9. The van der Waals surface area contributed by atoms with Gasteiger partial charge in [-0.1, -0.05) is 6.92 Å². The number of hydrogen-bond acceptors (Lipinski definition) is 4. The predicted octanol–water partition coefficient (Wildman–Crippen LogP) is 0.896. The van der Waals surface area contributed by atoms with Gasteiger partial charge in [-0.15, -0.1) is 0 Å². The van der Waals surface area contributed by atoms with E-state index >= 15 is 0 Å². The van der Waals surface area contributed by atoms with E-state index in [1.165, 1.54) is 10.5 Å². The largest absolute Gasteiger partial charge is 0.399 e. The van der Waals surface area contributed by atoms with Crippen LogP contribution in [0.4, 0.5) is 5.69 Å². The van der Waals surface area contributed by atoms with Crippen LogP contribution in [0, 0.1) is 0 Å². The van der Waals surface area contributed by atoms with Crippen LogP contribution < -0.4 is 5.73 Å². The Bertz CT molecular complexity index is 760. The molecule has 0 radical (unpaired) electrons. The molecule has 1 saturated heterocycles. The molecule has 0 bridgehead atoms. The number of sulfonamides is 1. The van der Waals surface area contributed by atoms with Gasteiger partial charge in [0.15, 0.2) is 0 Å². The first kappa shape index (κ1) is 13.4. The number of β-amino-alcohol motifs (C(OH)–C–C–N with tert-alkyl or cyclic N) is 1. The van der Waals surface area contributed by atoms with Crippen LogP contribution in [-0.4, -0.2) is 41.5 Å². The molecule has 1 aromatic heterocycles. The van der Waals surface area contributed by atoms with Gasteiger partial charge in [-0.05, 0) is 24.6 Å². The lowest BCUT2D eigenvalue weighted by Crippen LogP contribution is -2.62. The average Bonchev–Trinajstić information content (AvgIpc) is 2.78. The molecule has 1 aliphatic rings. The Morgan fingerprint density at radius 1 is 1.45 bits per heavy atom. The molecule has 4 N–H and O–H groups in total. The molecule has 7 heteroatoms. The van der Waals surface area contributed by atoms with Crippen LogP contribution in [0.5, 0.6) is 0 Å². The van der Waals surface area contributed by atoms with E-state index in [0.29, 0.717) is 23.0 Å². The summed E-state index contributed by atoms with van der Waals surface area (Å²) in [5.41, 5.74) is 6.06. The molecule has 0 saturated carbocycles. The summed E-state index contributed by atoms with van der Waals surface area (Å²) in [7, 11) is -3.58. The van der Waals surface area contributed by atoms with Crippen molar-refractivity contribution < 1.29 is 13.5 Å². The summed E-state index contributed by atoms with van der Waals surface area (Å²) in [5.74, 6) is 0.